The largest absolute Gasteiger partial charge is 0.355 e. The van der Waals surface area contributed by atoms with Gasteiger partial charge in [-0.05, 0) is 41.0 Å². The third kappa shape index (κ3) is 5.54. The first kappa shape index (κ1) is 20.8. The minimum atomic E-state index is -0.306. The Morgan fingerprint density at radius 3 is 1.87 bits per heavy atom. The van der Waals surface area contributed by atoms with Crippen LogP contribution in [0.15, 0.2) is 78.9 Å². The first-order valence-electron chi connectivity index (χ1n) is 9.58. The second kappa shape index (κ2) is 10.0. The fraction of sp³-hybridized carbons (Fsp3) is 0.125. The van der Waals surface area contributed by atoms with Gasteiger partial charge >= 0.3 is 0 Å². The third-order valence-electron chi connectivity index (χ3n) is 4.60. The van der Waals surface area contributed by atoms with Gasteiger partial charge in [-0.1, -0.05) is 54.6 Å². The van der Waals surface area contributed by atoms with Crippen LogP contribution in [0.3, 0.4) is 0 Å². The highest BCUT2D eigenvalue weighted by atomic mass is 16.2. The Morgan fingerprint density at radius 1 is 0.667 bits per heavy atom. The van der Waals surface area contributed by atoms with Crippen molar-refractivity contribution in [2.24, 2.45) is 0 Å². The zero-order valence-corrected chi connectivity index (χ0v) is 16.6. The Labute approximate surface area is 175 Å². The van der Waals surface area contributed by atoms with Crippen LogP contribution in [0.4, 0.5) is 0 Å². The molecule has 0 aliphatic rings. The maximum absolute atomic E-state index is 12.3. The van der Waals surface area contributed by atoms with Gasteiger partial charge in [0.2, 0.25) is 5.91 Å². The number of amides is 3. The molecule has 0 aliphatic heterocycles. The number of nitrogens with one attached hydrogen (secondary N) is 3. The lowest BCUT2D eigenvalue weighted by Crippen LogP contribution is -2.36. The van der Waals surface area contributed by atoms with Crippen molar-refractivity contribution in [2.75, 3.05) is 13.6 Å². The van der Waals surface area contributed by atoms with Crippen LogP contribution in [0.5, 0.6) is 0 Å². The number of carbonyl (C=O) groups excluding carboxylic acids is 3. The summed E-state index contributed by atoms with van der Waals surface area (Å²) in [7, 11) is 1.57. The number of hydrogen-bond acceptors (Lipinski definition) is 3. The van der Waals surface area contributed by atoms with E-state index in [0.29, 0.717) is 17.7 Å². The summed E-state index contributed by atoms with van der Waals surface area (Å²) in [5.74, 6) is -0.760. The van der Waals surface area contributed by atoms with E-state index in [4.69, 9.17) is 0 Å². The highest BCUT2D eigenvalue weighted by Gasteiger charge is 2.09. The lowest BCUT2D eigenvalue weighted by molar-refractivity contribution is -0.120. The lowest BCUT2D eigenvalue weighted by atomic mass is 10.0. The highest BCUT2D eigenvalue weighted by molar-refractivity contribution is 5.97. The van der Waals surface area contributed by atoms with Crippen molar-refractivity contribution in [2.45, 2.75) is 6.54 Å². The maximum atomic E-state index is 12.3. The average molecular weight is 401 g/mol. The van der Waals surface area contributed by atoms with Crippen LogP contribution in [0, 0.1) is 0 Å². The van der Waals surface area contributed by atoms with E-state index in [2.05, 4.69) is 16.0 Å². The molecule has 0 atom stereocenters. The van der Waals surface area contributed by atoms with Gasteiger partial charge in [0.25, 0.3) is 11.8 Å². The molecule has 3 N–H and O–H groups in total. The first-order chi connectivity index (χ1) is 14.6. The molecule has 6 heteroatoms. The number of carbonyl (C=O) groups is 3. The number of benzene rings is 3. The van der Waals surface area contributed by atoms with E-state index in [1.54, 1.807) is 43.4 Å². The fourth-order valence-corrected chi connectivity index (χ4v) is 2.89. The van der Waals surface area contributed by atoms with Gasteiger partial charge in [-0.25, -0.2) is 0 Å². The molecule has 0 radical (unpaired) electrons. The van der Waals surface area contributed by atoms with Gasteiger partial charge < -0.3 is 16.0 Å². The molecule has 0 aliphatic carbocycles. The van der Waals surface area contributed by atoms with E-state index in [1.807, 2.05) is 42.5 Å². The van der Waals surface area contributed by atoms with E-state index >= 15 is 0 Å². The smallest absolute Gasteiger partial charge is 0.251 e. The zero-order valence-electron chi connectivity index (χ0n) is 16.6. The molecule has 6 nitrogen and oxygen atoms in total. The third-order valence-corrected chi connectivity index (χ3v) is 4.60. The van der Waals surface area contributed by atoms with E-state index in [0.717, 1.165) is 16.7 Å². The summed E-state index contributed by atoms with van der Waals surface area (Å²) in [6.07, 6.45) is 0. The van der Waals surface area contributed by atoms with Crippen LogP contribution in [-0.4, -0.2) is 31.3 Å². The second-order valence-corrected chi connectivity index (χ2v) is 6.68. The van der Waals surface area contributed by atoms with Gasteiger partial charge in [-0.2, -0.15) is 0 Å². The number of rotatable bonds is 7. The maximum Gasteiger partial charge on any atom is 0.251 e. The van der Waals surface area contributed by atoms with Crippen LogP contribution in [0.1, 0.15) is 26.3 Å². The van der Waals surface area contributed by atoms with Gasteiger partial charge in [0.1, 0.15) is 0 Å². The molecule has 30 heavy (non-hydrogen) atoms. The van der Waals surface area contributed by atoms with Crippen molar-refractivity contribution < 1.29 is 14.4 Å². The van der Waals surface area contributed by atoms with Crippen molar-refractivity contribution in [1.82, 2.24) is 16.0 Å². The SMILES string of the molecule is CNC(=O)c1ccc(CNC(=O)CNC(=O)c2ccc(-c3ccccc3)cc2)cc1. The molecule has 3 amide bonds. The van der Waals surface area contributed by atoms with Crippen LogP contribution in [0.2, 0.25) is 0 Å². The zero-order chi connectivity index (χ0) is 21.3. The molecule has 0 fully saturated rings. The summed E-state index contributed by atoms with van der Waals surface area (Å²) in [6.45, 7) is 0.199. The van der Waals surface area contributed by atoms with Gasteiger partial charge in [0, 0.05) is 24.7 Å². The summed E-state index contributed by atoms with van der Waals surface area (Å²) < 4.78 is 0. The standard InChI is InChI=1S/C24H23N3O3/c1-25-23(29)20-9-7-17(8-10-20)15-26-22(28)16-27-24(30)21-13-11-19(12-14-21)18-5-3-2-4-6-18/h2-14H,15-16H2,1H3,(H,25,29)(H,26,28)(H,27,30). The van der Waals surface area contributed by atoms with Crippen molar-refractivity contribution in [1.29, 1.82) is 0 Å². The predicted molar refractivity (Wildman–Crippen MR) is 116 cm³/mol. The Morgan fingerprint density at radius 2 is 1.23 bits per heavy atom. The first-order valence-corrected chi connectivity index (χ1v) is 9.58. The van der Waals surface area contributed by atoms with Crippen molar-refractivity contribution in [3.8, 4) is 11.1 Å². The predicted octanol–water partition coefficient (Wildman–Crippen LogP) is 2.76. The summed E-state index contributed by atoms with van der Waals surface area (Å²) in [5.41, 5.74) is 4.00. The van der Waals surface area contributed by atoms with Gasteiger partial charge in [0.05, 0.1) is 6.54 Å². The van der Waals surface area contributed by atoms with Gasteiger partial charge in [0.15, 0.2) is 0 Å². The monoisotopic (exact) mass is 401 g/mol. The molecule has 0 bridgehead atoms. The summed E-state index contributed by atoms with van der Waals surface area (Å²) >= 11 is 0. The minimum Gasteiger partial charge on any atom is -0.355 e. The van der Waals surface area contributed by atoms with E-state index in [9.17, 15) is 14.4 Å². The summed E-state index contributed by atoms with van der Waals surface area (Å²) in [4.78, 5) is 35.8. The molecule has 3 aromatic rings. The van der Waals surface area contributed by atoms with E-state index < -0.39 is 0 Å². The van der Waals surface area contributed by atoms with Crippen molar-refractivity contribution in [3.05, 3.63) is 95.6 Å². The quantitative estimate of drug-likeness (QED) is 0.569. The Kier molecular flexibility index (Phi) is 6.95. The molecule has 0 spiro atoms. The second-order valence-electron chi connectivity index (χ2n) is 6.68. The van der Waals surface area contributed by atoms with Crippen LogP contribution < -0.4 is 16.0 Å². The molecule has 0 saturated carbocycles. The molecular formula is C24H23N3O3. The molecule has 0 unspecified atom stereocenters. The van der Waals surface area contributed by atoms with E-state index in [1.165, 1.54) is 0 Å². The van der Waals surface area contributed by atoms with Crippen LogP contribution in [-0.2, 0) is 11.3 Å². The average Bonchev–Trinajstić information content (AvgIpc) is 2.81. The van der Waals surface area contributed by atoms with E-state index in [-0.39, 0.29) is 24.3 Å². The van der Waals surface area contributed by atoms with Crippen molar-refractivity contribution in [3.63, 3.8) is 0 Å². The molecular weight excluding hydrogens is 378 g/mol. The Bertz CT molecular complexity index is 1010. The van der Waals surface area contributed by atoms with Gasteiger partial charge in [-0.15, -0.1) is 0 Å². The van der Waals surface area contributed by atoms with Crippen LogP contribution >= 0.6 is 0 Å². The Hall–Kier alpha value is -3.93. The molecule has 3 rings (SSSR count). The molecule has 0 saturated heterocycles. The van der Waals surface area contributed by atoms with Crippen LogP contribution in [0.25, 0.3) is 11.1 Å². The number of hydrogen-bond donors (Lipinski definition) is 3. The fourth-order valence-electron chi connectivity index (χ4n) is 2.89. The highest BCUT2D eigenvalue weighted by Crippen LogP contribution is 2.19. The molecule has 0 aromatic heterocycles. The minimum absolute atomic E-state index is 0.115. The van der Waals surface area contributed by atoms with Crippen molar-refractivity contribution >= 4 is 17.7 Å². The Balaban J connectivity index is 1.46. The lowest BCUT2D eigenvalue weighted by Gasteiger charge is -2.08. The normalized spacial score (nSPS) is 10.2. The molecule has 152 valence electrons. The summed E-state index contributed by atoms with van der Waals surface area (Å²) in [5, 5.41) is 7.92. The molecule has 3 aromatic carbocycles. The van der Waals surface area contributed by atoms with Gasteiger partial charge in [-0.3, -0.25) is 14.4 Å². The summed E-state index contributed by atoms with van der Waals surface area (Å²) in [6, 6.07) is 24.1. The topological polar surface area (TPSA) is 87.3 Å². The molecule has 0 heterocycles.